The summed E-state index contributed by atoms with van der Waals surface area (Å²) in [4.78, 5) is 16.6. The highest BCUT2D eigenvalue weighted by Gasteiger charge is 2.23. The SMILES string of the molecule is CCOC(=O)CC(c1ccc(C)s1)N(CC)CC. The smallest absolute Gasteiger partial charge is 0.307 e. The van der Waals surface area contributed by atoms with Gasteiger partial charge >= 0.3 is 5.97 Å². The molecule has 1 aromatic rings. The highest BCUT2D eigenvalue weighted by Crippen LogP contribution is 2.30. The first kappa shape index (κ1) is 15.2. The van der Waals surface area contributed by atoms with Crippen LogP contribution in [0.1, 0.15) is 43.0 Å². The number of ether oxygens (including phenoxy) is 1. The molecule has 1 unspecified atom stereocenters. The Balaban J connectivity index is 2.84. The molecular formula is C14H23NO2S. The van der Waals surface area contributed by atoms with Crippen LogP contribution in [0.2, 0.25) is 0 Å². The maximum atomic E-state index is 11.7. The van der Waals surface area contributed by atoms with Crippen LogP contribution in [0, 0.1) is 6.92 Å². The van der Waals surface area contributed by atoms with Crippen molar-refractivity contribution in [2.24, 2.45) is 0 Å². The van der Waals surface area contributed by atoms with E-state index >= 15 is 0 Å². The van der Waals surface area contributed by atoms with Crippen molar-refractivity contribution in [2.75, 3.05) is 19.7 Å². The minimum atomic E-state index is -0.111. The van der Waals surface area contributed by atoms with Crippen LogP contribution in [0.15, 0.2) is 12.1 Å². The summed E-state index contributed by atoms with van der Waals surface area (Å²) < 4.78 is 5.08. The average molecular weight is 269 g/mol. The molecular weight excluding hydrogens is 246 g/mol. The normalized spacial score (nSPS) is 12.7. The highest BCUT2D eigenvalue weighted by molar-refractivity contribution is 7.12. The predicted molar refractivity (Wildman–Crippen MR) is 76.0 cm³/mol. The maximum absolute atomic E-state index is 11.7. The molecule has 0 aliphatic rings. The molecule has 1 heterocycles. The second kappa shape index (κ2) is 7.54. The fourth-order valence-electron chi connectivity index (χ4n) is 2.08. The second-order valence-corrected chi connectivity index (χ2v) is 5.51. The van der Waals surface area contributed by atoms with Gasteiger partial charge in [0.15, 0.2) is 0 Å². The molecule has 1 atom stereocenters. The van der Waals surface area contributed by atoms with E-state index in [1.165, 1.54) is 9.75 Å². The van der Waals surface area contributed by atoms with Gasteiger partial charge in [-0.05, 0) is 39.1 Å². The van der Waals surface area contributed by atoms with Crippen LogP contribution in [0.5, 0.6) is 0 Å². The van der Waals surface area contributed by atoms with Gasteiger partial charge < -0.3 is 4.74 Å². The Morgan fingerprint density at radius 1 is 1.33 bits per heavy atom. The highest BCUT2D eigenvalue weighted by atomic mass is 32.1. The Morgan fingerprint density at radius 3 is 2.44 bits per heavy atom. The van der Waals surface area contributed by atoms with E-state index in [4.69, 9.17) is 4.74 Å². The van der Waals surface area contributed by atoms with Gasteiger partial charge in [-0.25, -0.2) is 0 Å². The van der Waals surface area contributed by atoms with Crippen LogP contribution >= 0.6 is 11.3 Å². The van der Waals surface area contributed by atoms with Crippen molar-refractivity contribution in [3.8, 4) is 0 Å². The van der Waals surface area contributed by atoms with Crippen molar-refractivity contribution in [1.29, 1.82) is 0 Å². The summed E-state index contributed by atoms with van der Waals surface area (Å²) in [6.07, 6.45) is 0.440. The van der Waals surface area contributed by atoms with Crippen LogP contribution in [-0.4, -0.2) is 30.6 Å². The number of carbonyl (C=O) groups excluding carboxylic acids is 1. The van der Waals surface area contributed by atoms with Gasteiger partial charge in [-0.15, -0.1) is 11.3 Å². The quantitative estimate of drug-likeness (QED) is 0.711. The number of thiophene rings is 1. The lowest BCUT2D eigenvalue weighted by atomic mass is 10.1. The number of rotatable bonds is 7. The number of nitrogens with zero attached hydrogens (tertiary/aromatic N) is 1. The molecule has 0 radical (unpaired) electrons. The molecule has 18 heavy (non-hydrogen) atoms. The molecule has 0 saturated heterocycles. The number of aryl methyl sites for hydroxylation is 1. The zero-order chi connectivity index (χ0) is 13.5. The van der Waals surface area contributed by atoms with Crippen molar-refractivity contribution in [2.45, 2.75) is 40.2 Å². The van der Waals surface area contributed by atoms with E-state index in [1.54, 1.807) is 11.3 Å². The van der Waals surface area contributed by atoms with Gasteiger partial charge in [-0.2, -0.15) is 0 Å². The van der Waals surface area contributed by atoms with E-state index in [2.05, 4.69) is 37.8 Å². The fraction of sp³-hybridized carbons (Fsp3) is 0.643. The van der Waals surface area contributed by atoms with Crippen LogP contribution in [0.4, 0.5) is 0 Å². The molecule has 0 aliphatic carbocycles. The molecule has 0 aliphatic heterocycles. The fourth-order valence-corrected chi connectivity index (χ4v) is 3.10. The predicted octanol–water partition coefficient (Wildman–Crippen LogP) is 3.39. The molecule has 0 bridgehead atoms. The van der Waals surface area contributed by atoms with Crippen LogP contribution < -0.4 is 0 Å². The monoisotopic (exact) mass is 269 g/mol. The largest absolute Gasteiger partial charge is 0.466 e. The standard InChI is InChI=1S/C14H23NO2S/c1-5-15(6-2)12(10-14(16)17-7-3)13-9-8-11(4)18-13/h8-9,12H,5-7,10H2,1-4H3. The molecule has 4 heteroatoms. The number of hydrogen-bond acceptors (Lipinski definition) is 4. The molecule has 0 saturated carbocycles. The number of hydrogen-bond donors (Lipinski definition) is 0. The Bertz CT molecular complexity index is 372. The van der Waals surface area contributed by atoms with Crippen LogP contribution in [0.25, 0.3) is 0 Å². The van der Waals surface area contributed by atoms with Gasteiger partial charge in [-0.1, -0.05) is 13.8 Å². The first-order chi connectivity index (χ1) is 8.62. The summed E-state index contributed by atoms with van der Waals surface area (Å²) in [5.74, 6) is -0.111. The minimum absolute atomic E-state index is 0.111. The summed E-state index contributed by atoms with van der Waals surface area (Å²) >= 11 is 1.77. The van der Waals surface area contributed by atoms with Crippen molar-refractivity contribution >= 4 is 17.3 Å². The van der Waals surface area contributed by atoms with E-state index in [9.17, 15) is 4.79 Å². The Kier molecular flexibility index (Phi) is 6.36. The average Bonchev–Trinajstić information content (AvgIpc) is 2.76. The Morgan fingerprint density at radius 2 is 2.00 bits per heavy atom. The van der Waals surface area contributed by atoms with Gasteiger partial charge in [0.1, 0.15) is 0 Å². The van der Waals surface area contributed by atoms with E-state index in [-0.39, 0.29) is 12.0 Å². The van der Waals surface area contributed by atoms with Crippen molar-refractivity contribution in [3.63, 3.8) is 0 Å². The molecule has 0 spiro atoms. The van der Waals surface area contributed by atoms with Gasteiger partial charge in [0.05, 0.1) is 19.1 Å². The maximum Gasteiger partial charge on any atom is 0.307 e. The van der Waals surface area contributed by atoms with E-state index in [0.717, 1.165) is 13.1 Å². The summed E-state index contributed by atoms with van der Waals surface area (Å²) in [6.45, 7) is 10.5. The minimum Gasteiger partial charge on any atom is -0.466 e. The number of esters is 1. The summed E-state index contributed by atoms with van der Waals surface area (Å²) in [6, 6.07) is 4.39. The third kappa shape index (κ3) is 4.10. The zero-order valence-corrected chi connectivity index (χ0v) is 12.5. The van der Waals surface area contributed by atoms with Gasteiger partial charge in [-0.3, -0.25) is 9.69 Å². The van der Waals surface area contributed by atoms with Gasteiger partial charge in [0, 0.05) is 9.75 Å². The topological polar surface area (TPSA) is 29.5 Å². The Labute approximate surface area is 114 Å². The van der Waals surface area contributed by atoms with E-state index in [1.807, 2.05) is 6.92 Å². The third-order valence-electron chi connectivity index (χ3n) is 3.01. The molecule has 1 rings (SSSR count). The third-order valence-corrected chi connectivity index (χ3v) is 4.11. The van der Waals surface area contributed by atoms with Crippen LogP contribution in [0.3, 0.4) is 0 Å². The summed E-state index contributed by atoms with van der Waals surface area (Å²) in [7, 11) is 0. The van der Waals surface area contributed by atoms with Gasteiger partial charge in [0.25, 0.3) is 0 Å². The summed E-state index contributed by atoms with van der Waals surface area (Å²) in [5, 5.41) is 0. The molecule has 0 aromatic carbocycles. The lowest BCUT2D eigenvalue weighted by Crippen LogP contribution is -2.30. The first-order valence-corrected chi connectivity index (χ1v) is 7.39. The number of carbonyl (C=O) groups is 1. The van der Waals surface area contributed by atoms with Crippen molar-refractivity contribution in [1.82, 2.24) is 4.90 Å². The first-order valence-electron chi connectivity index (χ1n) is 6.58. The molecule has 102 valence electrons. The molecule has 0 N–H and O–H groups in total. The molecule has 0 amide bonds. The second-order valence-electron chi connectivity index (χ2n) is 4.19. The molecule has 3 nitrogen and oxygen atoms in total. The molecule has 1 aromatic heterocycles. The van der Waals surface area contributed by atoms with E-state index in [0.29, 0.717) is 13.0 Å². The van der Waals surface area contributed by atoms with Crippen molar-refractivity contribution in [3.05, 3.63) is 21.9 Å². The zero-order valence-electron chi connectivity index (χ0n) is 11.7. The summed E-state index contributed by atoms with van der Waals surface area (Å²) in [5.41, 5.74) is 0. The molecule has 0 fully saturated rings. The van der Waals surface area contributed by atoms with Gasteiger partial charge in [0.2, 0.25) is 0 Å². The van der Waals surface area contributed by atoms with Crippen LogP contribution in [-0.2, 0) is 9.53 Å². The van der Waals surface area contributed by atoms with E-state index < -0.39 is 0 Å². The Hall–Kier alpha value is -0.870. The lowest BCUT2D eigenvalue weighted by molar-refractivity contribution is -0.144. The lowest BCUT2D eigenvalue weighted by Gasteiger charge is -2.28. The van der Waals surface area contributed by atoms with Crippen molar-refractivity contribution < 1.29 is 9.53 Å².